The molecule has 0 aliphatic rings. The van der Waals surface area contributed by atoms with E-state index in [2.05, 4.69) is 15.0 Å². The van der Waals surface area contributed by atoms with Crippen molar-refractivity contribution in [1.82, 2.24) is 15.0 Å². The fourth-order valence-corrected chi connectivity index (χ4v) is 2.53. The van der Waals surface area contributed by atoms with Crippen LogP contribution in [0.25, 0.3) is 0 Å². The Labute approximate surface area is 130 Å². The zero-order valence-electron chi connectivity index (χ0n) is 10.5. The largest absolute Gasteiger partial charge is 0.398 e. The van der Waals surface area contributed by atoms with E-state index in [4.69, 9.17) is 33.5 Å². The van der Waals surface area contributed by atoms with Gasteiger partial charge >= 0.3 is 0 Å². The van der Waals surface area contributed by atoms with Gasteiger partial charge < -0.3 is 10.6 Å². The van der Waals surface area contributed by atoms with Gasteiger partial charge in [-0.15, -0.1) is 0 Å². The average molecular weight is 350 g/mol. The number of nitrogens with zero attached hydrogens (tertiary/aromatic N) is 4. The second-order valence-electron chi connectivity index (χ2n) is 3.93. The molecule has 0 aliphatic heterocycles. The summed E-state index contributed by atoms with van der Waals surface area (Å²) in [6.45, 7) is 0. The Morgan fingerprint density at radius 3 is 2.29 bits per heavy atom. The van der Waals surface area contributed by atoms with Gasteiger partial charge in [0.2, 0.25) is 16.5 Å². The topological polar surface area (TPSA) is 122 Å². The minimum Gasteiger partial charge on any atom is -0.398 e. The number of benzene rings is 1. The molecule has 1 heterocycles. The van der Waals surface area contributed by atoms with Crippen LogP contribution in [0.5, 0.6) is 0 Å². The molecule has 0 saturated heterocycles. The first-order valence-corrected chi connectivity index (χ1v) is 7.56. The minimum absolute atomic E-state index is 0.0821. The summed E-state index contributed by atoms with van der Waals surface area (Å²) in [5, 5.41) is -0.218. The van der Waals surface area contributed by atoms with Gasteiger partial charge in [0.1, 0.15) is 4.90 Å². The molecule has 2 rings (SSSR count). The number of aromatic nitrogens is 3. The van der Waals surface area contributed by atoms with Gasteiger partial charge in [-0.05, 0) is 41.4 Å². The maximum Gasteiger partial charge on any atom is 0.296 e. The van der Waals surface area contributed by atoms with E-state index in [9.17, 15) is 8.42 Å². The van der Waals surface area contributed by atoms with Crippen LogP contribution in [0.2, 0.25) is 10.6 Å². The monoisotopic (exact) mass is 349 g/mol. The highest BCUT2D eigenvalue weighted by atomic mass is 35.5. The van der Waals surface area contributed by atoms with Gasteiger partial charge in [0.25, 0.3) is 10.1 Å². The van der Waals surface area contributed by atoms with Crippen LogP contribution >= 0.6 is 23.2 Å². The molecule has 21 heavy (non-hydrogen) atoms. The van der Waals surface area contributed by atoms with Crippen LogP contribution < -0.4 is 10.6 Å². The molecule has 0 spiro atoms. The van der Waals surface area contributed by atoms with E-state index in [-0.39, 0.29) is 22.2 Å². The van der Waals surface area contributed by atoms with Crippen LogP contribution in [-0.4, -0.2) is 35.0 Å². The lowest BCUT2D eigenvalue weighted by Gasteiger charge is -2.18. The van der Waals surface area contributed by atoms with Gasteiger partial charge in [-0.25, -0.2) is 0 Å². The molecule has 1 aromatic carbocycles. The summed E-state index contributed by atoms with van der Waals surface area (Å²) >= 11 is 11.4. The van der Waals surface area contributed by atoms with Crippen molar-refractivity contribution in [3.8, 4) is 0 Å². The first-order chi connectivity index (χ1) is 9.68. The third-order valence-corrected chi connectivity index (χ3v) is 3.78. The van der Waals surface area contributed by atoms with Gasteiger partial charge in [0.05, 0.1) is 5.69 Å². The lowest BCUT2D eigenvalue weighted by molar-refractivity contribution is 0.483. The Bertz CT molecular complexity index is 779. The average Bonchev–Trinajstić information content (AvgIpc) is 2.36. The van der Waals surface area contributed by atoms with Crippen LogP contribution in [0.4, 0.5) is 17.3 Å². The first-order valence-electron chi connectivity index (χ1n) is 5.36. The number of nitrogen functional groups attached to an aromatic ring is 1. The molecule has 0 amide bonds. The molecule has 8 nitrogen and oxygen atoms in total. The molecule has 2 aromatic rings. The highest BCUT2D eigenvalue weighted by Crippen LogP contribution is 2.28. The number of halogens is 2. The summed E-state index contributed by atoms with van der Waals surface area (Å²) in [6, 6.07) is 4.03. The molecule has 0 saturated carbocycles. The van der Waals surface area contributed by atoms with E-state index in [0.29, 0.717) is 5.69 Å². The molecule has 112 valence electrons. The van der Waals surface area contributed by atoms with E-state index in [1.165, 1.54) is 23.1 Å². The third kappa shape index (κ3) is 3.50. The summed E-state index contributed by atoms with van der Waals surface area (Å²) in [5.74, 6) is 0.103. The SMILES string of the molecule is CN(c1ccc(N)c(S(=O)(=O)O)c1)c1nc(Cl)nc(Cl)n1. The summed E-state index contributed by atoms with van der Waals surface area (Å²) in [4.78, 5) is 12.3. The van der Waals surface area contributed by atoms with Crippen molar-refractivity contribution >= 4 is 50.6 Å². The number of anilines is 3. The highest BCUT2D eigenvalue weighted by Gasteiger charge is 2.17. The Morgan fingerprint density at radius 2 is 1.76 bits per heavy atom. The second-order valence-corrected chi connectivity index (χ2v) is 6.00. The molecule has 0 atom stereocenters. The molecule has 0 unspecified atom stereocenters. The van der Waals surface area contributed by atoms with Crippen molar-refractivity contribution in [3.05, 3.63) is 28.8 Å². The molecular formula is C10H9Cl2N5O3S. The fraction of sp³-hybridized carbons (Fsp3) is 0.100. The van der Waals surface area contributed by atoms with Gasteiger partial charge in [-0.3, -0.25) is 4.55 Å². The van der Waals surface area contributed by atoms with Crippen molar-refractivity contribution in [2.75, 3.05) is 17.7 Å². The van der Waals surface area contributed by atoms with Crippen molar-refractivity contribution < 1.29 is 13.0 Å². The van der Waals surface area contributed by atoms with Gasteiger partial charge in [-0.1, -0.05) is 0 Å². The Balaban J connectivity index is 2.51. The highest BCUT2D eigenvalue weighted by molar-refractivity contribution is 7.86. The summed E-state index contributed by atoms with van der Waals surface area (Å²) in [6.07, 6.45) is 0. The second kappa shape index (κ2) is 5.60. The predicted molar refractivity (Wildman–Crippen MR) is 78.6 cm³/mol. The quantitative estimate of drug-likeness (QED) is 0.634. The van der Waals surface area contributed by atoms with E-state index in [1.807, 2.05) is 0 Å². The van der Waals surface area contributed by atoms with E-state index in [0.717, 1.165) is 0 Å². The van der Waals surface area contributed by atoms with Gasteiger partial charge in [0.15, 0.2) is 0 Å². The molecule has 11 heteroatoms. The smallest absolute Gasteiger partial charge is 0.296 e. The Kier molecular flexibility index (Phi) is 4.19. The lowest BCUT2D eigenvalue weighted by atomic mass is 10.2. The maximum atomic E-state index is 11.2. The summed E-state index contributed by atoms with van der Waals surface area (Å²) in [7, 11) is -2.89. The van der Waals surface area contributed by atoms with Crippen LogP contribution in [0.3, 0.4) is 0 Å². The Morgan fingerprint density at radius 1 is 1.19 bits per heavy atom. The molecule has 0 bridgehead atoms. The zero-order chi connectivity index (χ0) is 15.8. The molecule has 3 N–H and O–H groups in total. The molecule has 0 radical (unpaired) electrons. The van der Waals surface area contributed by atoms with E-state index >= 15 is 0 Å². The molecule has 1 aromatic heterocycles. The predicted octanol–water partition coefficient (Wildman–Crippen LogP) is 1.78. The van der Waals surface area contributed by atoms with Crippen molar-refractivity contribution in [2.45, 2.75) is 4.90 Å². The van der Waals surface area contributed by atoms with E-state index < -0.39 is 15.0 Å². The van der Waals surface area contributed by atoms with Crippen LogP contribution in [0.1, 0.15) is 0 Å². The molecule has 0 fully saturated rings. The number of hydrogen-bond acceptors (Lipinski definition) is 7. The first kappa shape index (κ1) is 15.7. The molecular weight excluding hydrogens is 341 g/mol. The zero-order valence-corrected chi connectivity index (χ0v) is 12.9. The third-order valence-electron chi connectivity index (χ3n) is 2.53. The number of nitrogens with two attached hydrogens (primary N) is 1. The normalized spacial score (nSPS) is 11.4. The molecule has 0 aliphatic carbocycles. The van der Waals surface area contributed by atoms with Crippen molar-refractivity contribution in [3.63, 3.8) is 0 Å². The van der Waals surface area contributed by atoms with Crippen LogP contribution in [0.15, 0.2) is 23.1 Å². The maximum absolute atomic E-state index is 11.2. The fourth-order valence-electron chi connectivity index (χ4n) is 1.54. The van der Waals surface area contributed by atoms with Crippen molar-refractivity contribution in [2.24, 2.45) is 0 Å². The number of hydrogen-bond donors (Lipinski definition) is 2. The Hall–Kier alpha value is -1.68. The van der Waals surface area contributed by atoms with Crippen LogP contribution in [-0.2, 0) is 10.1 Å². The standard InChI is InChI=1S/C10H9Cl2N5O3S/c1-17(10-15-8(11)14-9(12)16-10)5-2-3-6(13)7(4-5)21(18,19)20/h2-4H,13H2,1H3,(H,18,19,20). The van der Waals surface area contributed by atoms with Crippen LogP contribution in [0, 0.1) is 0 Å². The summed E-state index contributed by atoms with van der Waals surface area (Å²) in [5.41, 5.74) is 5.80. The van der Waals surface area contributed by atoms with Crippen molar-refractivity contribution in [1.29, 1.82) is 0 Å². The minimum atomic E-state index is -4.44. The van der Waals surface area contributed by atoms with Gasteiger partial charge in [0, 0.05) is 12.7 Å². The van der Waals surface area contributed by atoms with E-state index in [1.54, 1.807) is 7.05 Å². The summed E-state index contributed by atoms with van der Waals surface area (Å²) < 4.78 is 31.6. The lowest BCUT2D eigenvalue weighted by Crippen LogP contribution is -2.15. The number of rotatable bonds is 3. The van der Waals surface area contributed by atoms with Gasteiger partial charge in [-0.2, -0.15) is 23.4 Å².